The van der Waals surface area contributed by atoms with Crippen LogP contribution in [0.2, 0.25) is 0 Å². The summed E-state index contributed by atoms with van der Waals surface area (Å²) in [5.74, 6) is 1.38. The first-order valence-corrected chi connectivity index (χ1v) is 14.4. The van der Waals surface area contributed by atoms with Crippen LogP contribution in [0.3, 0.4) is 0 Å². The minimum absolute atomic E-state index is 0.0446. The summed E-state index contributed by atoms with van der Waals surface area (Å²) >= 11 is 0. The van der Waals surface area contributed by atoms with Gasteiger partial charge in [-0.2, -0.15) is 13.2 Å². The van der Waals surface area contributed by atoms with Gasteiger partial charge in [-0.15, -0.1) is 0 Å². The number of likely N-dealkylation sites (N-methyl/N-ethyl adjacent to an activating group) is 1. The van der Waals surface area contributed by atoms with E-state index in [9.17, 15) is 18.0 Å². The number of allylic oxidation sites excluding steroid dienone is 2. The maximum absolute atomic E-state index is 14.1. The van der Waals surface area contributed by atoms with Crippen molar-refractivity contribution in [3.63, 3.8) is 0 Å². The number of hydrogen-bond acceptors (Lipinski definition) is 8. The third-order valence-corrected chi connectivity index (χ3v) is 7.98. The fourth-order valence-electron chi connectivity index (χ4n) is 5.25. The van der Waals surface area contributed by atoms with Gasteiger partial charge in [-0.05, 0) is 51.1 Å². The molecule has 3 aliphatic rings. The Bertz CT molecular complexity index is 1550. The number of alkyl halides is 3. The van der Waals surface area contributed by atoms with Gasteiger partial charge >= 0.3 is 6.18 Å². The first kappa shape index (κ1) is 28.7. The average Bonchev–Trinajstić information content (AvgIpc) is 3.68. The third-order valence-electron chi connectivity index (χ3n) is 7.98. The van der Waals surface area contributed by atoms with Crippen LogP contribution in [0.4, 0.5) is 30.6 Å². The van der Waals surface area contributed by atoms with E-state index in [0.29, 0.717) is 56.1 Å². The van der Waals surface area contributed by atoms with Crippen LogP contribution < -0.4 is 20.9 Å². The Labute approximate surface area is 247 Å². The fourth-order valence-corrected chi connectivity index (χ4v) is 5.25. The van der Waals surface area contributed by atoms with Gasteiger partial charge < -0.3 is 25.8 Å². The van der Waals surface area contributed by atoms with Gasteiger partial charge in [0.2, 0.25) is 5.95 Å². The number of anilines is 3. The summed E-state index contributed by atoms with van der Waals surface area (Å²) in [5.41, 5.74) is 0.857. The molecule has 1 saturated carbocycles. The van der Waals surface area contributed by atoms with E-state index < -0.39 is 17.6 Å². The second-order valence-corrected chi connectivity index (χ2v) is 11.3. The number of rotatable bonds is 8. The van der Waals surface area contributed by atoms with Crippen LogP contribution in [0.15, 0.2) is 66.4 Å². The molecule has 2 aromatic heterocycles. The molecule has 1 atom stereocenters. The van der Waals surface area contributed by atoms with E-state index in [1.54, 1.807) is 23.4 Å². The molecule has 1 aromatic carbocycles. The molecule has 2 aliphatic carbocycles. The normalized spacial score (nSPS) is 19.5. The number of piperazine rings is 1. The van der Waals surface area contributed by atoms with Gasteiger partial charge in [0.05, 0.1) is 11.6 Å². The minimum atomic E-state index is -4.59. The summed E-state index contributed by atoms with van der Waals surface area (Å²) in [6.07, 6.45) is 6.71. The van der Waals surface area contributed by atoms with Gasteiger partial charge in [-0.1, -0.05) is 11.6 Å². The van der Waals surface area contributed by atoms with E-state index in [4.69, 9.17) is 0 Å². The molecule has 1 aliphatic heterocycles. The molecule has 1 unspecified atom stereocenters. The van der Waals surface area contributed by atoms with E-state index in [0.717, 1.165) is 30.3 Å². The van der Waals surface area contributed by atoms with E-state index in [2.05, 4.69) is 35.8 Å². The molecule has 10 nitrogen and oxygen atoms in total. The van der Waals surface area contributed by atoms with E-state index in [-0.39, 0.29) is 17.3 Å². The van der Waals surface area contributed by atoms with Crippen molar-refractivity contribution in [3.05, 3.63) is 77.5 Å². The van der Waals surface area contributed by atoms with E-state index in [1.165, 1.54) is 18.5 Å². The van der Waals surface area contributed by atoms with Crippen molar-refractivity contribution in [2.24, 2.45) is 0 Å². The lowest BCUT2D eigenvalue weighted by atomic mass is 9.97. The lowest BCUT2D eigenvalue weighted by Crippen LogP contribution is -2.45. The Balaban J connectivity index is 1.14. The van der Waals surface area contributed by atoms with Crippen molar-refractivity contribution in [1.82, 2.24) is 29.7 Å². The van der Waals surface area contributed by atoms with Gasteiger partial charge in [0.15, 0.2) is 0 Å². The zero-order chi connectivity index (χ0) is 30.1. The topological polar surface area (TPSA) is 103 Å². The predicted octanol–water partition coefficient (Wildman–Crippen LogP) is 4.45. The van der Waals surface area contributed by atoms with Crippen molar-refractivity contribution in [2.75, 3.05) is 48.8 Å². The number of imidazole rings is 1. The monoisotopic (exact) mass is 593 g/mol. The summed E-state index contributed by atoms with van der Waals surface area (Å²) in [5, 5.41) is 9.61. The van der Waals surface area contributed by atoms with Crippen molar-refractivity contribution in [1.29, 1.82) is 0 Å². The van der Waals surface area contributed by atoms with E-state index >= 15 is 0 Å². The van der Waals surface area contributed by atoms with Crippen LogP contribution in [0.25, 0.3) is 5.82 Å². The first-order chi connectivity index (χ1) is 20.6. The second kappa shape index (κ2) is 11.7. The molecule has 13 heteroatoms. The largest absolute Gasteiger partial charge is 0.418 e. The second-order valence-electron chi connectivity index (χ2n) is 11.3. The maximum atomic E-state index is 14.1. The molecule has 6 rings (SSSR count). The Morgan fingerprint density at radius 2 is 1.79 bits per heavy atom. The molecule has 3 heterocycles. The Morgan fingerprint density at radius 3 is 2.53 bits per heavy atom. The fraction of sp³-hybridized carbons (Fsp3) is 0.400. The number of halogens is 3. The van der Waals surface area contributed by atoms with Crippen molar-refractivity contribution in [3.8, 4) is 5.82 Å². The SMILES string of the molecule is CC1=CC=C(NC(=O)c2ccc(N3CCN(C)CC3)c(C(F)(F)F)c2)CC1Nc1nccn1-c1cc(NC2CC2)ncn1. The van der Waals surface area contributed by atoms with Crippen LogP contribution in [0.1, 0.15) is 42.1 Å². The molecule has 3 aromatic rings. The van der Waals surface area contributed by atoms with E-state index in [1.807, 2.05) is 30.7 Å². The number of nitrogens with zero attached hydrogens (tertiary/aromatic N) is 6. The van der Waals surface area contributed by atoms with Gasteiger partial charge in [-0.25, -0.2) is 15.0 Å². The summed E-state index contributed by atoms with van der Waals surface area (Å²) in [4.78, 5) is 30.1. The molecule has 1 saturated heterocycles. The predicted molar refractivity (Wildman–Crippen MR) is 158 cm³/mol. The third kappa shape index (κ3) is 6.66. The van der Waals surface area contributed by atoms with Crippen LogP contribution in [0.5, 0.6) is 0 Å². The maximum Gasteiger partial charge on any atom is 0.418 e. The van der Waals surface area contributed by atoms with Gasteiger partial charge in [0.25, 0.3) is 5.91 Å². The molecule has 2 fully saturated rings. The molecular formula is C30H34F3N9O. The minimum Gasteiger partial charge on any atom is -0.368 e. The van der Waals surface area contributed by atoms with Gasteiger partial charge in [0, 0.05) is 74.0 Å². The molecule has 3 N–H and O–H groups in total. The highest BCUT2D eigenvalue weighted by molar-refractivity contribution is 5.96. The average molecular weight is 594 g/mol. The van der Waals surface area contributed by atoms with Crippen LogP contribution in [0, 0.1) is 0 Å². The summed E-state index contributed by atoms with van der Waals surface area (Å²) in [6.45, 7) is 4.30. The molecule has 226 valence electrons. The molecule has 0 radical (unpaired) electrons. The number of carbonyl (C=O) groups excluding carboxylic acids is 1. The molecule has 0 spiro atoms. The van der Waals surface area contributed by atoms with Crippen LogP contribution >= 0.6 is 0 Å². The smallest absolute Gasteiger partial charge is 0.368 e. The Morgan fingerprint density at radius 1 is 1.00 bits per heavy atom. The molecule has 1 amide bonds. The summed E-state index contributed by atoms with van der Waals surface area (Å²) in [7, 11) is 1.95. The zero-order valence-corrected chi connectivity index (χ0v) is 24.0. The standard InChI is InChI=1S/C30H34F3N9O/c1-19-3-5-22(16-24(19)39-29-34-9-10-42(29)27-17-26(35-18-36-27)37-21-6-7-21)38-28(43)20-4-8-25(23(15-20)30(31,32)33)41-13-11-40(2)12-14-41/h3-5,8-10,15,17-18,21,24H,6-7,11-14,16H2,1-2H3,(H,34,39)(H,38,43)(H,35,36,37). The zero-order valence-electron chi connectivity index (χ0n) is 24.0. The number of aromatic nitrogens is 4. The van der Waals surface area contributed by atoms with Crippen molar-refractivity contribution >= 4 is 23.4 Å². The lowest BCUT2D eigenvalue weighted by molar-refractivity contribution is -0.137. The summed E-state index contributed by atoms with van der Waals surface area (Å²) in [6, 6.07) is 5.93. The van der Waals surface area contributed by atoms with Crippen molar-refractivity contribution < 1.29 is 18.0 Å². The number of nitrogens with one attached hydrogen (secondary N) is 3. The summed E-state index contributed by atoms with van der Waals surface area (Å²) < 4.78 is 44.1. The lowest BCUT2D eigenvalue weighted by Gasteiger charge is -2.35. The first-order valence-electron chi connectivity index (χ1n) is 14.4. The van der Waals surface area contributed by atoms with Crippen molar-refractivity contribution in [2.45, 2.75) is 44.4 Å². The van der Waals surface area contributed by atoms with Crippen LogP contribution in [-0.2, 0) is 6.18 Å². The molecular weight excluding hydrogens is 559 g/mol. The molecule has 43 heavy (non-hydrogen) atoms. The van der Waals surface area contributed by atoms with Gasteiger partial charge in [-0.3, -0.25) is 9.36 Å². The number of amides is 1. The highest BCUT2D eigenvalue weighted by atomic mass is 19.4. The van der Waals surface area contributed by atoms with Gasteiger partial charge in [0.1, 0.15) is 18.0 Å². The highest BCUT2D eigenvalue weighted by Crippen LogP contribution is 2.38. The Kier molecular flexibility index (Phi) is 7.82. The number of carbonyl (C=O) groups is 1. The quantitative estimate of drug-likeness (QED) is 0.352. The highest BCUT2D eigenvalue weighted by Gasteiger charge is 2.36. The number of benzene rings is 1. The van der Waals surface area contributed by atoms with Crippen LogP contribution in [-0.4, -0.2) is 75.6 Å². The number of hydrogen-bond donors (Lipinski definition) is 3. The molecule has 0 bridgehead atoms. The Hall–Kier alpha value is -4.39.